The second-order valence-corrected chi connectivity index (χ2v) is 5.88. The Morgan fingerprint density at radius 2 is 2.32 bits per heavy atom. The third kappa shape index (κ3) is 2.18. The summed E-state index contributed by atoms with van der Waals surface area (Å²) < 4.78 is 1.92. The summed E-state index contributed by atoms with van der Waals surface area (Å²) in [5.41, 5.74) is 2.47. The SMILES string of the molecule is CNCC1(C)CCN(c2nccn3nc(C)cc23)C1. The number of nitrogens with one attached hydrogen (secondary N) is 1. The third-order valence-corrected chi connectivity index (χ3v) is 3.95. The summed E-state index contributed by atoms with van der Waals surface area (Å²) in [7, 11) is 2.02. The van der Waals surface area contributed by atoms with Gasteiger partial charge in [0.1, 0.15) is 5.52 Å². The summed E-state index contributed by atoms with van der Waals surface area (Å²) in [6.45, 7) is 7.52. The molecule has 0 aromatic carbocycles. The normalized spacial score (nSPS) is 23.4. The van der Waals surface area contributed by atoms with Crippen molar-refractivity contribution >= 4 is 11.3 Å². The average Bonchev–Trinajstić information content (AvgIpc) is 2.91. The molecule has 2 aromatic heterocycles. The van der Waals surface area contributed by atoms with E-state index in [4.69, 9.17) is 0 Å². The molecule has 1 aliphatic heterocycles. The number of aromatic nitrogens is 3. The van der Waals surface area contributed by atoms with Crippen molar-refractivity contribution < 1.29 is 0 Å². The van der Waals surface area contributed by atoms with Crippen LogP contribution < -0.4 is 10.2 Å². The van der Waals surface area contributed by atoms with Crippen molar-refractivity contribution in [1.29, 1.82) is 0 Å². The van der Waals surface area contributed by atoms with Crippen LogP contribution in [-0.4, -0.2) is 41.3 Å². The molecule has 2 aromatic rings. The quantitative estimate of drug-likeness (QED) is 0.907. The van der Waals surface area contributed by atoms with E-state index in [0.717, 1.165) is 36.7 Å². The van der Waals surface area contributed by atoms with Gasteiger partial charge in [-0.05, 0) is 31.9 Å². The minimum absolute atomic E-state index is 0.332. The van der Waals surface area contributed by atoms with Crippen LogP contribution in [0, 0.1) is 12.3 Å². The zero-order chi connectivity index (χ0) is 13.5. The molecule has 0 aliphatic carbocycles. The molecule has 0 spiro atoms. The van der Waals surface area contributed by atoms with Crippen molar-refractivity contribution in [3.05, 3.63) is 24.2 Å². The predicted molar refractivity (Wildman–Crippen MR) is 76.6 cm³/mol. The standard InChI is InChI=1S/C14H21N5/c1-11-8-12-13(16-5-7-19(12)17-11)18-6-4-14(2,10-18)9-15-3/h5,7-8,15H,4,6,9-10H2,1-3H3. The summed E-state index contributed by atoms with van der Waals surface area (Å²) in [6, 6.07) is 2.11. The molecule has 0 radical (unpaired) electrons. The number of nitrogens with zero attached hydrogens (tertiary/aromatic N) is 4. The van der Waals surface area contributed by atoms with Crippen molar-refractivity contribution in [1.82, 2.24) is 19.9 Å². The molecule has 1 fully saturated rings. The first-order chi connectivity index (χ1) is 9.11. The van der Waals surface area contributed by atoms with Crippen LogP contribution in [0.5, 0.6) is 0 Å². The first-order valence-corrected chi connectivity index (χ1v) is 6.82. The van der Waals surface area contributed by atoms with Gasteiger partial charge < -0.3 is 10.2 Å². The van der Waals surface area contributed by atoms with Gasteiger partial charge in [-0.25, -0.2) is 9.50 Å². The van der Waals surface area contributed by atoms with Crippen molar-refractivity contribution in [2.75, 3.05) is 31.6 Å². The van der Waals surface area contributed by atoms with Crippen LogP contribution in [0.4, 0.5) is 5.82 Å². The van der Waals surface area contributed by atoms with Gasteiger partial charge in [0, 0.05) is 32.0 Å². The molecule has 19 heavy (non-hydrogen) atoms. The van der Waals surface area contributed by atoms with Crippen molar-refractivity contribution in [2.24, 2.45) is 5.41 Å². The van der Waals surface area contributed by atoms with Crippen LogP contribution in [0.25, 0.3) is 5.52 Å². The van der Waals surface area contributed by atoms with Crippen LogP contribution >= 0.6 is 0 Å². The molecule has 0 saturated carbocycles. The van der Waals surface area contributed by atoms with Crippen molar-refractivity contribution in [3.63, 3.8) is 0 Å². The summed E-state index contributed by atoms with van der Waals surface area (Å²) in [6.07, 6.45) is 4.95. The van der Waals surface area contributed by atoms with E-state index in [1.54, 1.807) is 0 Å². The fraction of sp³-hybridized carbons (Fsp3) is 0.571. The van der Waals surface area contributed by atoms with Crippen molar-refractivity contribution in [2.45, 2.75) is 20.3 Å². The fourth-order valence-electron chi connectivity index (χ4n) is 3.05. The maximum Gasteiger partial charge on any atom is 0.154 e. The molecule has 5 heteroatoms. The molecule has 1 aliphatic rings. The first kappa shape index (κ1) is 12.4. The van der Waals surface area contributed by atoms with Gasteiger partial charge in [0.15, 0.2) is 5.82 Å². The number of aryl methyl sites for hydroxylation is 1. The lowest BCUT2D eigenvalue weighted by Gasteiger charge is -2.24. The van der Waals surface area contributed by atoms with Crippen LogP contribution in [0.2, 0.25) is 0 Å². The maximum atomic E-state index is 4.57. The molecule has 0 amide bonds. The zero-order valence-corrected chi connectivity index (χ0v) is 11.8. The van der Waals surface area contributed by atoms with Crippen LogP contribution in [0.1, 0.15) is 19.0 Å². The van der Waals surface area contributed by atoms with Gasteiger partial charge in [-0.15, -0.1) is 0 Å². The average molecular weight is 259 g/mol. The maximum absolute atomic E-state index is 4.57. The Kier molecular flexibility index (Phi) is 2.93. The molecular weight excluding hydrogens is 238 g/mol. The Hall–Kier alpha value is -1.62. The topological polar surface area (TPSA) is 45.5 Å². The summed E-state index contributed by atoms with van der Waals surface area (Å²) >= 11 is 0. The number of anilines is 1. The Morgan fingerprint density at radius 3 is 3.11 bits per heavy atom. The van der Waals surface area contributed by atoms with E-state index in [2.05, 4.69) is 33.3 Å². The van der Waals surface area contributed by atoms with E-state index < -0.39 is 0 Å². The van der Waals surface area contributed by atoms with Gasteiger partial charge in [-0.3, -0.25) is 0 Å². The van der Waals surface area contributed by atoms with E-state index in [-0.39, 0.29) is 0 Å². The van der Waals surface area contributed by atoms with Gasteiger partial charge in [0.2, 0.25) is 0 Å². The van der Waals surface area contributed by atoms with Crippen LogP contribution in [-0.2, 0) is 0 Å². The number of hydrogen-bond donors (Lipinski definition) is 1. The van der Waals surface area contributed by atoms with Gasteiger partial charge in [-0.2, -0.15) is 5.10 Å². The highest BCUT2D eigenvalue weighted by Gasteiger charge is 2.34. The molecule has 1 atom stereocenters. The van der Waals surface area contributed by atoms with E-state index in [1.807, 2.05) is 30.9 Å². The Morgan fingerprint density at radius 1 is 1.47 bits per heavy atom. The molecule has 102 valence electrons. The molecule has 0 bridgehead atoms. The highest BCUT2D eigenvalue weighted by Crippen LogP contribution is 2.33. The van der Waals surface area contributed by atoms with Gasteiger partial charge in [0.25, 0.3) is 0 Å². The van der Waals surface area contributed by atoms with Gasteiger partial charge in [0.05, 0.1) is 5.69 Å². The predicted octanol–water partition coefficient (Wildman–Crippen LogP) is 1.47. The highest BCUT2D eigenvalue weighted by atomic mass is 15.3. The molecule has 1 N–H and O–H groups in total. The Labute approximate surface area is 113 Å². The van der Waals surface area contributed by atoms with Gasteiger partial charge in [-0.1, -0.05) is 6.92 Å². The molecule has 1 unspecified atom stereocenters. The van der Waals surface area contributed by atoms with Crippen LogP contribution in [0.3, 0.4) is 0 Å². The monoisotopic (exact) mass is 259 g/mol. The van der Waals surface area contributed by atoms with E-state index in [0.29, 0.717) is 5.41 Å². The molecule has 1 saturated heterocycles. The molecule has 3 rings (SSSR count). The van der Waals surface area contributed by atoms with Crippen molar-refractivity contribution in [3.8, 4) is 0 Å². The highest BCUT2D eigenvalue weighted by molar-refractivity contribution is 5.69. The zero-order valence-electron chi connectivity index (χ0n) is 11.8. The second-order valence-electron chi connectivity index (χ2n) is 5.88. The minimum Gasteiger partial charge on any atom is -0.354 e. The molecular formula is C14H21N5. The Bertz CT molecular complexity index is 591. The fourth-order valence-corrected chi connectivity index (χ4v) is 3.05. The largest absolute Gasteiger partial charge is 0.354 e. The minimum atomic E-state index is 0.332. The summed E-state index contributed by atoms with van der Waals surface area (Å²) in [5.74, 6) is 1.06. The van der Waals surface area contributed by atoms with Gasteiger partial charge >= 0.3 is 0 Å². The van der Waals surface area contributed by atoms with E-state index >= 15 is 0 Å². The summed E-state index contributed by atoms with van der Waals surface area (Å²) in [5, 5.41) is 7.75. The van der Waals surface area contributed by atoms with E-state index in [1.165, 1.54) is 6.42 Å². The molecule has 3 heterocycles. The lowest BCUT2D eigenvalue weighted by atomic mass is 9.90. The lowest BCUT2D eigenvalue weighted by molar-refractivity contribution is 0.356. The third-order valence-electron chi connectivity index (χ3n) is 3.95. The van der Waals surface area contributed by atoms with Crippen LogP contribution in [0.15, 0.2) is 18.5 Å². The summed E-state index contributed by atoms with van der Waals surface area (Å²) in [4.78, 5) is 6.96. The van der Waals surface area contributed by atoms with E-state index in [9.17, 15) is 0 Å². The number of fused-ring (bicyclic) bond motifs is 1. The first-order valence-electron chi connectivity index (χ1n) is 6.82. The number of rotatable bonds is 3. The Balaban J connectivity index is 1.93. The molecule has 5 nitrogen and oxygen atoms in total. The lowest BCUT2D eigenvalue weighted by Crippen LogP contribution is -2.33. The number of hydrogen-bond acceptors (Lipinski definition) is 4. The second kappa shape index (κ2) is 4.49. The smallest absolute Gasteiger partial charge is 0.154 e.